The molecule has 0 unspecified atom stereocenters. The van der Waals surface area contributed by atoms with E-state index in [2.05, 4.69) is 32.4 Å². The van der Waals surface area contributed by atoms with E-state index in [0.29, 0.717) is 0 Å². The van der Waals surface area contributed by atoms with Crippen molar-refractivity contribution in [2.45, 2.75) is 6.42 Å². The number of imidazole rings is 1. The first-order chi connectivity index (χ1) is 12.7. The van der Waals surface area contributed by atoms with Crippen molar-refractivity contribution in [2.75, 3.05) is 30.9 Å². The van der Waals surface area contributed by atoms with Crippen LogP contribution in [0.25, 0.3) is 16.2 Å². The molecule has 26 heavy (non-hydrogen) atoms. The summed E-state index contributed by atoms with van der Waals surface area (Å²) in [4.78, 5) is 12.1. The monoisotopic (exact) mass is 364 g/mol. The Kier molecular flexibility index (Phi) is 4.53. The van der Waals surface area contributed by atoms with Crippen LogP contribution >= 0.6 is 11.3 Å². The van der Waals surface area contributed by atoms with E-state index in [0.717, 1.165) is 45.7 Å². The highest BCUT2D eigenvalue weighted by atomic mass is 32.1. The maximum absolute atomic E-state index is 4.75. The van der Waals surface area contributed by atoms with Crippen LogP contribution in [-0.2, 0) is 6.42 Å². The van der Waals surface area contributed by atoms with E-state index in [9.17, 15) is 0 Å². The first-order valence-corrected chi connectivity index (χ1v) is 9.29. The lowest BCUT2D eigenvalue weighted by Crippen LogP contribution is -2.09. The molecule has 1 aromatic carbocycles. The quantitative estimate of drug-likeness (QED) is 0.567. The van der Waals surface area contributed by atoms with Gasteiger partial charge in [0.1, 0.15) is 0 Å². The van der Waals surface area contributed by atoms with Gasteiger partial charge < -0.3 is 10.2 Å². The Hall–Kier alpha value is -2.93. The highest BCUT2D eigenvalue weighted by Gasteiger charge is 2.13. The summed E-state index contributed by atoms with van der Waals surface area (Å²) < 4.78 is 1.84. The van der Waals surface area contributed by atoms with Crippen molar-refractivity contribution < 1.29 is 0 Å². The molecule has 4 rings (SSSR count). The maximum atomic E-state index is 4.75. The van der Waals surface area contributed by atoms with Crippen LogP contribution in [0.3, 0.4) is 0 Å². The molecule has 132 valence electrons. The van der Waals surface area contributed by atoms with Gasteiger partial charge in [0.05, 0.1) is 11.9 Å². The standard InChI is InChI=1S/C19H20N6S/c1-24(2)17-9-4-3-8-15(17)16-13-25-19(22-16)26-18(23-25)21-12-10-14-7-5-6-11-20-14/h3-9,11,13H,10,12H2,1-2H3,(H,21,23). The van der Waals surface area contributed by atoms with Crippen LogP contribution < -0.4 is 10.2 Å². The third-order valence-corrected chi connectivity index (χ3v) is 4.97. The van der Waals surface area contributed by atoms with Crippen LogP contribution in [0.15, 0.2) is 54.9 Å². The summed E-state index contributed by atoms with van der Waals surface area (Å²) in [5, 5.41) is 8.82. The normalized spacial score (nSPS) is 11.0. The van der Waals surface area contributed by atoms with E-state index in [1.807, 2.05) is 61.3 Å². The smallest absolute Gasteiger partial charge is 0.214 e. The van der Waals surface area contributed by atoms with Gasteiger partial charge in [-0.15, -0.1) is 5.10 Å². The van der Waals surface area contributed by atoms with Crippen molar-refractivity contribution >= 4 is 27.1 Å². The molecule has 0 atom stereocenters. The highest BCUT2D eigenvalue weighted by molar-refractivity contribution is 7.20. The number of nitrogens with one attached hydrogen (secondary N) is 1. The number of benzene rings is 1. The Labute approximate surface area is 156 Å². The molecule has 0 saturated carbocycles. The second kappa shape index (κ2) is 7.13. The molecule has 7 heteroatoms. The predicted octanol–water partition coefficient (Wildman–Crippen LogP) is 3.57. The van der Waals surface area contributed by atoms with E-state index in [1.165, 1.54) is 0 Å². The summed E-state index contributed by atoms with van der Waals surface area (Å²) in [6.45, 7) is 0.796. The average Bonchev–Trinajstić information content (AvgIpc) is 3.21. The van der Waals surface area contributed by atoms with Crippen LogP contribution in [0.4, 0.5) is 10.8 Å². The minimum absolute atomic E-state index is 0.796. The zero-order valence-corrected chi connectivity index (χ0v) is 15.6. The molecule has 0 saturated heterocycles. The third-order valence-electron chi connectivity index (χ3n) is 4.09. The number of fused-ring (bicyclic) bond motifs is 1. The molecule has 4 aromatic rings. The predicted molar refractivity (Wildman–Crippen MR) is 107 cm³/mol. The Morgan fingerprint density at radius 2 is 1.96 bits per heavy atom. The molecule has 0 bridgehead atoms. The molecular formula is C19H20N6S. The van der Waals surface area contributed by atoms with Crippen molar-refractivity contribution in [1.29, 1.82) is 0 Å². The van der Waals surface area contributed by atoms with Gasteiger partial charge >= 0.3 is 0 Å². The lowest BCUT2D eigenvalue weighted by atomic mass is 10.1. The van der Waals surface area contributed by atoms with E-state index >= 15 is 0 Å². The molecular weight excluding hydrogens is 344 g/mol. The molecule has 6 nitrogen and oxygen atoms in total. The van der Waals surface area contributed by atoms with E-state index in [-0.39, 0.29) is 0 Å². The first-order valence-electron chi connectivity index (χ1n) is 8.47. The summed E-state index contributed by atoms with van der Waals surface area (Å²) in [7, 11) is 4.08. The molecule has 0 fully saturated rings. The SMILES string of the molecule is CN(C)c1ccccc1-c1cn2nc(NCCc3ccccn3)sc2n1. The molecule has 0 aliphatic rings. The van der Waals surface area contributed by atoms with Crippen molar-refractivity contribution in [3.63, 3.8) is 0 Å². The molecule has 0 aliphatic carbocycles. The Bertz CT molecular complexity index is 974. The Morgan fingerprint density at radius 3 is 2.73 bits per heavy atom. The van der Waals surface area contributed by atoms with Crippen LogP contribution in [0, 0.1) is 0 Å². The zero-order valence-electron chi connectivity index (χ0n) is 14.8. The van der Waals surface area contributed by atoms with Crippen LogP contribution in [-0.4, -0.2) is 40.2 Å². The number of rotatable bonds is 6. The Balaban J connectivity index is 1.49. The fourth-order valence-electron chi connectivity index (χ4n) is 2.83. The second-order valence-corrected chi connectivity index (χ2v) is 7.13. The summed E-state index contributed by atoms with van der Waals surface area (Å²) in [6.07, 6.45) is 4.67. The van der Waals surface area contributed by atoms with Crippen molar-refractivity contribution in [3.8, 4) is 11.3 Å². The molecule has 1 N–H and O–H groups in total. The lowest BCUT2D eigenvalue weighted by molar-refractivity contribution is 0.929. The van der Waals surface area contributed by atoms with E-state index < -0.39 is 0 Å². The molecule has 0 radical (unpaired) electrons. The summed E-state index contributed by atoms with van der Waals surface area (Å²) in [5.41, 5.74) is 4.27. The fourth-order valence-corrected chi connectivity index (χ4v) is 3.63. The topological polar surface area (TPSA) is 58.4 Å². The van der Waals surface area contributed by atoms with Gasteiger partial charge in [0.2, 0.25) is 10.1 Å². The summed E-state index contributed by atoms with van der Waals surface area (Å²) >= 11 is 1.56. The number of aromatic nitrogens is 4. The van der Waals surface area contributed by atoms with Crippen LogP contribution in [0.1, 0.15) is 5.69 Å². The van der Waals surface area contributed by atoms with E-state index in [4.69, 9.17) is 4.98 Å². The molecule has 3 aromatic heterocycles. The number of pyridine rings is 1. The number of nitrogens with zero attached hydrogens (tertiary/aromatic N) is 5. The largest absolute Gasteiger partial charge is 0.377 e. The maximum Gasteiger partial charge on any atom is 0.214 e. The van der Waals surface area contributed by atoms with Crippen LogP contribution in [0.2, 0.25) is 0 Å². The molecule has 3 heterocycles. The minimum Gasteiger partial charge on any atom is -0.377 e. The molecule has 0 spiro atoms. The zero-order chi connectivity index (χ0) is 17.9. The number of hydrogen-bond acceptors (Lipinski definition) is 6. The number of para-hydroxylation sites is 1. The van der Waals surface area contributed by atoms with Crippen molar-refractivity contribution in [2.24, 2.45) is 0 Å². The van der Waals surface area contributed by atoms with Gasteiger partial charge in [0.15, 0.2) is 0 Å². The minimum atomic E-state index is 0.796. The number of hydrogen-bond donors (Lipinski definition) is 1. The van der Waals surface area contributed by atoms with Gasteiger partial charge in [-0.1, -0.05) is 35.6 Å². The van der Waals surface area contributed by atoms with Gasteiger partial charge in [0, 0.05) is 50.2 Å². The van der Waals surface area contributed by atoms with Crippen LogP contribution in [0.5, 0.6) is 0 Å². The van der Waals surface area contributed by atoms with Gasteiger partial charge in [-0.3, -0.25) is 4.98 Å². The summed E-state index contributed by atoms with van der Waals surface area (Å²) in [6, 6.07) is 14.2. The second-order valence-electron chi connectivity index (χ2n) is 6.17. The number of anilines is 2. The average molecular weight is 364 g/mol. The van der Waals surface area contributed by atoms with Crippen molar-refractivity contribution in [3.05, 3.63) is 60.6 Å². The van der Waals surface area contributed by atoms with Gasteiger partial charge in [-0.25, -0.2) is 9.50 Å². The molecule has 0 aliphatic heterocycles. The van der Waals surface area contributed by atoms with Gasteiger partial charge in [-0.2, -0.15) is 0 Å². The Morgan fingerprint density at radius 1 is 1.12 bits per heavy atom. The van der Waals surface area contributed by atoms with Crippen molar-refractivity contribution in [1.82, 2.24) is 19.6 Å². The lowest BCUT2D eigenvalue weighted by Gasteiger charge is -2.15. The third kappa shape index (κ3) is 3.39. The summed E-state index contributed by atoms with van der Waals surface area (Å²) in [5.74, 6) is 0. The molecule has 0 amide bonds. The van der Waals surface area contributed by atoms with Gasteiger partial charge in [0.25, 0.3) is 0 Å². The fraction of sp³-hybridized carbons (Fsp3) is 0.211. The van der Waals surface area contributed by atoms with Gasteiger partial charge in [-0.05, 0) is 18.2 Å². The first kappa shape index (κ1) is 16.5. The van der Waals surface area contributed by atoms with E-state index in [1.54, 1.807) is 11.3 Å². The highest BCUT2D eigenvalue weighted by Crippen LogP contribution is 2.30.